The highest BCUT2D eigenvalue weighted by atomic mass is 32.2. The van der Waals surface area contributed by atoms with Gasteiger partial charge in [0.2, 0.25) is 0 Å². The average Bonchev–Trinajstić information content (AvgIpc) is 3.34. The zero-order valence-electron chi connectivity index (χ0n) is 25.1. The van der Waals surface area contributed by atoms with E-state index in [1.807, 2.05) is 0 Å². The smallest absolute Gasteiger partial charge is 0.348 e. The van der Waals surface area contributed by atoms with Crippen molar-refractivity contribution in [3.8, 4) is 11.3 Å². The molecule has 4 aromatic rings. The Kier molecular flexibility index (Phi) is 9.39. The fourth-order valence-corrected chi connectivity index (χ4v) is 7.41. The summed E-state index contributed by atoms with van der Waals surface area (Å²) in [6.07, 6.45) is -0.533. The summed E-state index contributed by atoms with van der Waals surface area (Å²) in [5, 5.41) is 6.24. The van der Waals surface area contributed by atoms with Crippen LogP contribution in [-0.2, 0) is 42.1 Å². The van der Waals surface area contributed by atoms with Crippen LogP contribution in [0.5, 0.6) is 0 Å². The number of carbonyl (C=O) groups is 2. The third-order valence-electron chi connectivity index (χ3n) is 7.83. The van der Waals surface area contributed by atoms with Gasteiger partial charge in [0.25, 0.3) is 21.9 Å². The quantitative estimate of drug-likeness (QED) is 0.165. The van der Waals surface area contributed by atoms with Gasteiger partial charge in [0, 0.05) is 34.3 Å². The van der Waals surface area contributed by atoms with Gasteiger partial charge in [0.1, 0.15) is 5.00 Å². The zero-order valence-corrected chi connectivity index (χ0v) is 26.7. The molecule has 2 aromatic heterocycles. The molecule has 3 N–H and O–H groups in total. The molecule has 2 heterocycles. The number of amides is 2. The molecule has 13 heteroatoms. The van der Waals surface area contributed by atoms with Gasteiger partial charge in [0.15, 0.2) is 0 Å². The molecule has 242 valence electrons. The summed E-state index contributed by atoms with van der Waals surface area (Å²) in [7, 11) is -4.16. The number of nitrogens with zero attached hydrogens (tertiary/aromatic N) is 1. The van der Waals surface area contributed by atoms with Crippen molar-refractivity contribution in [2.75, 3.05) is 11.1 Å². The fourth-order valence-electron chi connectivity index (χ4n) is 5.41. The lowest BCUT2D eigenvalue weighted by atomic mass is 9.76. The van der Waals surface area contributed by atoms with Crippen LogP contribution in [0.1, 0.15) is 68.1 Å². The summed E-state index contributed by atoms with van der Waals surface area (Å²) < 4.78 is 70.9. The minimum absolute atomic E-state index is 0.0418. The van der Waals surface area contributed by atoms with E-state index in [9.17, 15) is 31.2 Å². The van der Waals surface area contributed by atoms with E-state index < -0.39 is 39.4 Å². The Morgan fingerprint density at radius 1 is 1.00 bits per heavy atom. The number of halogens is 3. The number of pyridine rings is 1. The number of rotatable bonds is 9. The molecule has 0 atom stereocenters. The van der Waals surface area contributed by atoms with Crippen molar-refractivity contribution in [1.82, 2.24) is 10.3 Å². The summed E-state index contributed by atoms with van der Waals surface area (Å²) >= 11 is 1.45. The van der Waals surface area contributed by atoms with Crippen molar-refractivity contribution in [3.63, 3.8) is 0 Å². The minimum Gasteiger partial charge on any atom is -0.348 e. The van der Waals surface area contributed by atoms with Gasteiger partial charge in [-0.25, -0.2) is 0 Å². The van der Waals surface area contributed by atoms with Crippen molar-refractivity contribution in [1.29, 1.82) is 0 Å². The van der Waals surface area contributed by atoms with Gasteiger partial charge in [-0.3, -0.25) is 19.1 Å². The highest BCUT2D eigenvalue weighted by Crippen LogP contribution is 2.47. The number of nitrogens with one attached hydrogen (secondary N) is 2. The molecule has 1 aliphatic rings. The first kappa shape index (κ1) is 33.3. The molecule has 2 aromatic carbocycles. The van der Waals surface area contributed by atoms with Crippen LogP contribution in [0.4, 0.5) is 18.2 Å². The number of benzene rings is 2. The number of carbonyl (C=O) groups excluding carboxylic acids is 2. The van der Waals surface area contributed by atoms with Crippen molar-refractivity contribution in [2.45, 2.75) is 52.3 Å². The molecule has 0 unspecified atom stereocenters. The Morgan fingerprint density at radius 2 is 1.72 bits per heavy atom. The maximum atomic E-state index is 13.4. The largest absolute Gasteiger partial charge is 0.416 e. The Morgan fingerprint density at radius 3 is 2.46 bits per heavy atom. The highest BCUT2D eigenvalue weighted by molar-refractivity contribution is 7.85. The van der Waals surface area contributed by atoms with Crippen LogP contribution in [0.2, 0.25) is 0 Å². The second-order valence-corrected chi connectivity index (χ2v) is 14.7. The highest BCUT2D eigenvalue weighted by Gasteiger charge is 2.32. The van der Waals surface area contributed by atoms with E-state index in [4.69, 9.17) is 4.55 Å². The van der Waals surface area contributed by atoms with E-state index in [1.54, 1.807) is 30.3 Å². The van der Waals surface area contributed by atoms with Gasteiger partial charge >= 0.3 is 6.18 Å². The number of aromatic nitrogens is 1. The van der Waals surface area contributed by atoms with Gasteiger partial charge in [0.05, 0.1) is 17.0 Å². The molecule has 8 nitrogen and oxygen atoms in total. The van der Waals surface area contributed by atoms with Crippen LogP contribution >= 0.6 is 11.3 Å². The molecule has 0 radical (unpaired) electrons. The maximum absolute atomic E-state index is 13.4. The van der Waals surface area contributed by atoms with E-state index in [0.29, 0.717) is 32.9 Å². The molecule has 0 saturated heterocycles. The standard InChI is InChI=1S/C33H32F3N3O5S2/c1-32(2)12-9-25-27(18-32)45-31(39-30(41)22-7-3-5-20(15-22)11-14-46(42,43)44)28(25)26-17-23(10-13-37-26)29(40)38-19-21-6-4-8-24(16-21)33(34,35)36/h3-8,10,13,15-17H,9,11-12,14,18-19H2,1-2H3,(H,38,40)(H,39,41)(H,42,43,44). The van der Waals surface area contributed by atoms with Crippen molar-refractivity contribution in [2.24, 2.45) is 5.41 Å². The zero-order chi connectivity index (χ0) is 33.3. The van der Waals surface area contributed by atoms with Crippen LogP contribution in [0.15, 0.2) is 66.9 Å². The number of thiophene rings is 1. The van der Waals surface area contributed by atoms with E-state index in [0.717, 1.165) is 41.8 Å². The Bertz CT molecular complexity index is 1900. The van der Waals surface area contributed by atoms with Crippen LogP contribution in [-0.4, -0.2) is 35.5 Å². The molecule has 2 amide bonds. The first-order valence-corrected chi connectivity index (χ1v) is 16.9. The lowest BCUT2D eigenvalue weighted by Crippen LogP contribution is -2.23. The van der Waals surface area contributed by atoms with Crippen LogP contribution < -0.4 is 10.6 Å². The van der Waals surface area contributed by atoms with Gasteiger partial charge < -0.3 is 10.6 Å². The molecule has 46 heavy (non-hydrogen) atoms. The summed E-state index contributed by atoms with van der Waals surface area (Å²) in [6.45, 7) is 4.26. The molecule has 0 fully saturated rings. The van der Waals surface area contributed by atoms with Crippen molar-refractivity contribution in [3.05, 3.63) is 105 Å². The normalized spacial score (nSPS) is 14.4. The Hall–Kier alpha value is -4.07. The van der Waals surface area contributed by atoms with Gasteiger partial charge in [-0.1, -0.05) is 38.1 Å². The van der Waals surface area contributed by atoms with Gasteiger partial charge in [-0.05, 0) is 84.2 Å². The lowest BCUT2D eigenvalue weighted by Gasteiger charge is -2.29. The number of hydrogen-bond donors (Lipinski definition) is 3. The number of hydrogen-bond acceptors (Lipinski definition) is 6. The van der Waals surface area contributed by atoms with Crippen molar-refractivity contribution < 1.29 is 35.7 Å². The number of fused-ring (bicyclic) bond motifs is 1. The molecular formula is C33H32F3N3O5S2. The lowest BCUT2D eigenvalue weighted by molar-refractivity contribution is -0.137. The summed E-state index contributed by atoms with van der Waals surface area (Å²) in [5.41, 5.74) is 2.92. The number of anilines is 1. The van der Waals surface area contributed by atoms with E-state index in [1.165, 1.54) is 35.7 Å². The first-order chi connectivity index (χ1) is 21.6. The van der Waals surface area contributed by atoms with Gasteiger partial charge in [-0.2, -0.15) is 21.6 Å². The average molecular weight is 672 g/mol. The third kappa shape index (κ3) is 8.20. The fraction of sp³-hybridized carbons (Fsp3) is 0.303. The maximum Gasteiger partial charge on any atom is 0.416 e. The Balaban J connectivity index is 1.41. The second kappa shape index (κ2) is 13.0. The van der Waals surface area contributed by atoms with E-state index >= 15 is 0 Å². The second-order valence-electron chi connectivity index (χ2n) is 12.1. The Labute approximate surface area is 268 Å². The molecule has 1 aliphatic carbocycles. The molecular weight excluding hydrogens is 640 g/mol. The summed E-state index contributed by atoms with van der Waals surface area (Å²) in [5.74, 6) is -1.37. The van der Waals surface area contributed by atoms with Crippen molar-refractivity contribution >= 4 is 38.3 Å². The third-order valence-corrected chi connectivity index (χ3v) is 9.70. The molecule has 5 rings (SSSR count). The van der Waals surface area contributed by atoms with Crippen LogP contribution in [0.25, 0.3) is 11.3 Å². The van der Waals surface area contributed by atoms with E-state index in [-0.39, 0.29) is 23.9 Å². The number of aryl methyl sites for hydroxylation is 1. The molecule has 0 saturated carbocycles. The first-order valence-electron chi connectivity index (χ1n) is 14.5. The monoisotopic (exact) mass is 671 g/mol. The van der Waals surface area contributed by atoms with Gasteiger partial charge in [-0.15, -0.1) is 11.3 Å². The SMILES string of the molecule is CC1(C)CCc2c(sc(NC(=O)c3cccc(CCS(=O)(=O)O)c3)c2-c2cc(C(=O)NCc3cccc(C(F)(F)F)c3)ccn2)C1. The predicted molar refractivity (Wildman–Crippen MR) is 170 cm³/mol. The van der Waals surface area contributed by atoms with Crippen LogP contribution in [0, 0.1) is 5.41 Å². The minimum atomic E-state index is -4.49. The van der Waals surface area contributed by atoms with E-state index in [2.05, 4.69) is 29.5 Å². The topological polar surface area (TPSA) is 125 Å². The van der Waals surface area contributed by atoms with Crippen LogP contribution in [0.3, 0.4) is 0 Å². The molecule has 0 spiro atoms. The molecule has 0 aliphatic heterocycles. The summed E-state index contributed by atoms with van der Waals surface area (Å²) in [4.78, 5) is 32.2. The predicted octanol–water partition coefficient (Wildman–Crippen LogP) is 6.96. The molecule has 0 bridgehead atoms. The summed E-state index contributed by atoms with van der Waals surface area (Å²) in [6, 6.07) is 14.4. The number of alkyl halides is 3.